The highest BCUT2D eigenvalue weighted by atomic mass is 16.2. The predicted octanol–water partition coefficient (Wildman–Crippen LogP) is -0.259. The summed E-state index contributed by atoms with van der Waals surface area (Å²) in [6.45, 7) is 0. The lowest BCUT2D eigenvalue weighted by Gasteiger charge is -1.96. The smallest absolute Gasteiger partial charge is 0.254 e. The van der Waals surface area contributed by atoms with Crippen LogP contribution in [-0.4, -0.2) is 26.4 Å². The van der Waals surface area contributed by atoms with Crippen molar-refractivity contribution < 1.29 is 9.59 Å². The Morgan fingerprint density at radius 3 is 3.00 bits per heavy atom. The van der Waals surface area contributed by atoms with Crippen molar-refractivity contribution in [1.82, 2.24) is 19.9 Å². The number of rotatable bonds is 1. The van der Waals surface area contributed by atoms with E-state index in [1.54, 1.807) is 29.1 Å². The first-order valence-electron chi connectivity index (χ1n) is 5.28. The first kappa shape index (κ1) is 10.5. The fourth-order valence-corrected chi connectivity index (χ4v) is 1.81. The fourth-order valence-electron chi connectivity index (χ4n) is 1.81. The Hall–Kier alpha value is -2.70. The molecule has 0 aliphatic carbocycles. The first-order chi connectivity index (χ1) is 8.63. The minimum absolute atomic E-state index is 0.0818. The molecule has 0 aromatic carbocycles. The quantitative estimate of drug-likeness (QED) is 0.530. The molecule has 7 nitrogen and oxygen atoms in total. The van der Waals surface area contributed by atoms with Gasteiger partial charge in [0.25, 0.3) is 5.91 Å². The summed E-state index contributed by atoms with van der Waals surface area (Å²) in [6, 6.07) is 1.63. The number of hydrogen-bond acceptors (Lipinski definition) is 5. The van der Waals surface area contributed by atoms with E-state index < -0.39 is 0 Å². The van der Waals surface area contributed by atoms with Crippen LogP contribution in [0.2, 0.25) is 0 Å². The summed E-state index contributed by atoms with van der Waals surface area (Å²) < 4.78 is 1.55. The Labute approximate surface area is 101 Å². The summed E-state index contributed by atoms with van der Waals surface area (Å²) in [5.74, 6) is -0.298. The highest BCUT2D eigenvalue weighted by Crippen LogP contribution is 2.17. The molecule has 0 bridgehead atoms. The van der Waals surface area contributed by atoms with Crippen LogP contribution in [0.25, 0.3) is 11.7 Å². The molecule has 1 fully saturated rings. The number of carbonyl (C=O) groups is 2. The number of fused-ring (bicyclic) bond motifs is 1. The van der Waals surface area contributed by atoms with E-state index in [2.05, 4.69) is 15.4 Å². The zero-order valence-corrected chi connectivity index (χ0v) is 9.25. The lowest BCUT2D eigenvalue weighted by molar-refractivity contribution is -0.124. The number of nitrogens with zero attached hydrogens (tertiary/aromatic N) is 3. The first-order valence-corrected chi connectivity index (χ1v) is 5.28. The molecule has 2 amide bonds. The zero-order chi connectivity index (χ0) is 12.7. The van der Waals surface area contributed by atoms with Crippen LogP contribution in [0.1, 0.15) is 12.0 Å². The Balaban J connectivity index is 2.10. The summed E-state index contributed by atoms with van der Waals surface area (Å²) in [4.78, 5) is 26.7. The number of nitrogens with two attached hydrogens (primary N) is 1. The number of amides is 2. The second kappa shape index (κ2) is 3.66. The maximum atomic E-state index is 11.4. The molecule has 1 aliphatic rings. The number of anilines is 1. The molecule has 18 heavy (non-hydrogen) atoms. The average molecular weight is 243 g/mol. The molecular weight excluding hydrogens is 234 g/mol. The van der Waals surface area contributed by atoms with Crippen LogP contribution in [0.15, 0.2) is 24.0 Å². The Morgan fingerprint density at radius 2 is 2.28 bits per heavy atom. The van der Waals surface area contributed by atoms with Crippen LogP contribution in [0.3, 0.4) is 0 Å². The van der Waals surface area contributed by atoms with Crippen molar-refractivity contribution in [3.05, 3.63) is 29.6 Å². The SMILES string of the molecule is Nc1ccn2ncc(/C=C3\CC(=O)NC3=O)c2n1. The molecule has 3 heterocycles. The van der Waals surface area contributed by atoms with Gasteiger partial charge in [0.15, 0.2) is 5.65 Å². The largest absolute Gasteiger partial charge is 0.384 e. The maximum absolute atomic E-state index is 11.4. The van der Waals surface area contributed by atoms with Crippen molar-refractivity contribution in [3.63, 3.8) is 0 Å². The highest BCUT2D eigenvalue weighted by molar-refractivity contribution is 6.15. The van der Waals surface area contributed by atoms with E-state index in [1.807, 2.05) is 0 Å². The number of carbonyl (C=O) groups excluding carboxylic acids is 2. The lowest BCUT2D eigenvalue weighted by atomic mass is 10.1. The molecule has 0 atom stereocenters. The third kappa shape index (κ3) is 1.61. The van der Waals surface area contributed by atoms with Crippen molar-refractivity contribution in [1.29, 1.82) is 0 Å². The molecule has 3 rings (SSSR count). The van der Waals surface area contributed by atoms with Gasteiger partial charge in [-0.25, -0.2) is 9.50 Å². The molecule has 0 saturated carbocycles. The van der Waals surface area contributed by atoms with Gasteiger partial charge in [0.05, 0.1) is 12.6 Å². The standard InChI is InChI=1S/C11H9N5O2/c12-8-1-2-16-10(14-8)7(5-13-16)3-6-4-9(17)15-11(6)18/h1-3,5H,4H2,(H2,12,14)(H,15,17,18)/b6-3+. The Bertz CT molecular complexity index is 701. The second-order valence-electron chi connectivity index (χ2n) is 3.94. The Kier molecular flexibility index (Phi) is 2.12. The van der Waals surface area contributed by atoms with Crippen molar-refractivity contribution in [2.45, 2.75) is 6.42 Å². The van der Waals surface area contributed by atoms with Gasteiger partial charge in [-0.2, -0.15) is 5.10 Å². The summed E-state index contributed by atoms with van der Waals surface area (Å²) in [5.41, 5.74) is 7.21. The number of nitrogen functional groups attached to an aromatic ring is 1. The van der Waals surface area contributed by atoms with E-state index in [1.165, 1.54) is 0 Å². The minimum Gasteiger partial charge on any atom is -0.384 e. The van der Waals surface area contributed by atoms with Crippen LogP contribution in [0, 0.1) is 0 Å². The van der Waals surface area contributed by atoms with Gasteiger partial charge in [-0.15, -0.1) is 0 Å². The Morgan fingerprint density at radius 1 is 1.44 bits per heavy atom. The van der Waals surface area contributed by atoms with Crippen LogP contribution in [0.4, 0.5) is 5.82 Å². The van der Waals surface area contributed by atoms with Gasteiger partial charge in [0.1, 0.15) is 5.82 Å². The number of imide groups is 1. The average Bonchev–Trinajstić information content (AvgIpc) is 2.84. The number of hydrogen-bond donors (Lipinski definition) is 2. The molecule has 2 aromatic heterocycles. The van der Waals surface area contributed by atoms with Gasteiger partial charge < -0.3 is 5.73 Å². The van der Waals surface area contributed by atoms with Crippen molar-refractivity contribution >= 4 is 29.4 Å². The minimum atomic E-state index is -0.372. The number of aromatic nitrogens is 3. The monoisotopic (exact) mass is 243 g/mol. The molecule has 0 spiro atoms. The molecule has 0 unspecified atom stereocenters. The normalized spacial score (nSPS) is 17.7. The maximum Gasteiger partial charge on any atom is 0.254 e. The van der Waals surface area contributed by atoms with Crippen LogP contribution in [-0.2, 0) is 9.59 Å². The van der Waals surface area contributed by atoms with Crippen LogP contribution in [0.5, 0.6) is 0 Å². The molecule has 90 valence electrons. The molecule has 0 radical (unpaired) electrons. The van der Waals surface area contributed by atoms with Gasteiger partial charge in [0.2, 0.25) is 5.91 Å². The van der Waals surface area contributed by atoms with E-state index in [-0.39, 0.29) is 18.2 Å². The molecule has 1 saturated heterocycles. The van der Waals surface area contributed by atoms with Gasteiger partial charge in [-0.3, -0.25) is 14.9 Å². The molecule has 7 heteroatoms. The molecule has 2 aromatic rings. The van der Waals surface area contributed by atoms with E-state index in [0.717, 1.165) is 0 Å². The third-order valence-electron chi connectivity index (χ3n) is 2.64. The van der Waals surface area contributed by atoms with Gasteiger partial charge in [0, 0.05) is 17.3 Å². The van der Waals surface area contributed by atoms with E-state index in [0.29, 0.717) is 22.6 Å². The summed E-state index contributed by atoms with van der Waals surface area (Å²) in [5, 5.41) is 6.30. The van der Waals surface area contributed by atoms with Crippen molar-refractivity contribution in [2.24, 2.45) is 0 Å². The molecule has 1 aliphatic heterocycles. The van der Waals surface area contributed by atoms with E-state index >= 15 is 0 Å². The summed E-state index contributed by atoms with van der Waals surface area (Å²) in [7, 11) is 0. The van der Waals surface area contributed by atoms with Gasteiger partial charge in [-0.1, -0.05) is 0 Å². The van der Waals surface area contributed by atoms with Gasteiger partial charge >= 0.3 is 0 Å². The molecule has 3 N–H and O–H groups in total. The summed E-state index contributed by atoms with van der Waals surface area (Å²) in [6.07, 6.45) is 4.94. The van der Waals surface area contributed by atoms with E-state index in [4.69, 9.17) is 5.73 Å². The predicted molar refractivity (Wildman–Crippen MR) is 63.1 cm³/mol. The third-order valence-corrected chi connectivity index (χ3v) is 2.64. The topological polar surface area (TPSA) is 102 Å². The second-order valence-corrected chi connectivity index (χ2v) is 3.94. The molecular formula is C11H9N5O2. The fraction of sp³-hybridized carbons (Fsp3) is 0.0909. The van der Waals surface area contributed by atoms with Gasteiger partial charge in [-0.05, 0) is 12.1 Å². The van der Waals surface area contributed by atoms with Crippen LogP contribution < -0.4 is 11.1 Å². The van der Waals surface area contributed by atoms with Crippen molar-refractivity contribution in [2.75, 3.05) is 5.73 Å². The van der Waals surface area contributed by atoms with Crippen LogP contribution >= 0.6 is 0 Å². The number of nitrogens with one attached hydrogen (secondary N) is 1. The lowest BCUT2D eigenvalue weighted by Crippen LogP contribution is -2.19. The summed E-state index contributed by atoms with van der Waals surface area (Å²) >= 11 is 0. The van der Waals surface area contributed by atoms with Crippen molar-refractivity contribution in [3.8, 4) is 0 Å². The zero-order valence-electron chi connectivity index (χ0n) is 9.25. The van der Waals surface area contributed by atoms with E-state index in [9.17, 15) is 9.59 Å². The highest BCUT2D eigenvalue weighted by Gasteiger charge is 2.24.